The van der Waals surface area contributed by atoms with Gasteiger partial charge < -0.3 is 20.7 Å². The quantitative estimate of drug-likeness (QED) is 0.696. The first-order chi connectivity index (χ1) is 9.97. The van der Waals surface area contributed by atoms with E-state index in [-0.39, 0.29) is 22.3 Å². The molecule has 0 aliphatic rings. The van der Waals surface area contributed by atoms with Gasteiger partial charge in [0.15, 0.2) is 0 Å². The Morgan fingerprint density at radius 2 is 2.19 bits per heavy atom. The number of rotatable bonds is 4. The molecule has 0 bridgehead atoms. The number of carboxylic acids is 1. The zero-order valence-electron chi connectivity index (χ0n) is 11.1. The van der Waals surface area contributed by atoms with Crippen molar-refractivity contribution in [2.24, 2.45) is 0 Å². The number of halogens is 1. The molecule has 2 aromatic rings. The van der Waals surface area contributed by atoms with E-state index in [2.05, 4.69) is 20.6 Å². The molecule has 0 fully saturated rings. The number of aromatic amines is 1. The van der Waals surface area contributed by atoms with E-state index in [1.807, 2.05) is 0 Å². The first-order valence-corrected chi connectivity index (χ1v) is 6.45. The Labute approximate surface area is 125 Å². The molecule has 0 saturated heterocycles. The van der Waals surface area contributed by atoms with Crippen molar-refractivity contribution in [2.45, 2.75) is 13.0 Å². The van der Waals surface area contributed by atoms with Gasteiger partial charge in [0.05, 0.1) is 17.3 Å². The summed E-state index contributed by atoms with van der Waals surface area (Å²) in [6.45, 7) is 1.75. The molecular formula is C13H13ClN4O3. The molecule has 1 atom stereocenters. The van der Waals surface area contributed by atoms with Gasteiger partial charge in [-0.3, -0.25) is 0 Å². The van der Waals surface area contributed by atoms with Crippen molar-refractivity contribution in [1.29, 1.82) is 0 Å². The monoisotopic (exact) mass is 308 g/mol. The largest absolute Gasteiger partial charge is 0.478 e. The number of hydrogen-bond acceptors (Lipinski definition) is 3. The second-order valence-electron chi connectivity index (χ2n) is 4.29. The lowest BCUT2D eigenvalue weighted by Crippen LogP contribution is -2.32. The van der Waals surface area contributed by atoms with E-state index in [1.54, 1.807) is 19.3 Å². The van der Waals surface area contributed by atoms with E-state index in [0.717, 1.165) is 0 Å². The van der Waals surface area contributed by atoms with Crippen LogP contribution in [0.1, 0.15) is 29.1 Å². The van der Waals surface area contributed by atoms with Crippen LogP contribution in [0.2, 0.25) is 5.02 Å². The number of nitrogens with one attached hydrogen (secondary N) is 3. The van der Waals surface area contributed by atoms with Crippen LogP contribution in [0.25, 0.3) is 0 Å². The Morgan fingerprint density at radius 1 is 1.43 bits per heavy atom. The standard InChI is InChI=1S/C13H13ClN4O3/c1-7(11-15-4-5-16-11)17-13(21)18-10-3-2-8(14)6-9(10)12(19)20/h2-7H,1H3,(H,15,16)(H,19,20)(H2,17,18,21). The van der Waals surface area contributed by atoms with Crippen molar-refractivity contribution in [3.8, 4) is 0 Å². The number of aromatic carboxylic acids is 1. The molecule has 4 N–H and O–H groups in total. The van der Waals surface area contributed by atoms with Crippen LogP contribution in [0.3, 0.4) is 0 Å². The van der Waals surface area contributed by atoms with Crippen molar-refractivity contribution < 1.29 is 14.7 Å². The first kappa shape index (κ1) is 14.9. The second kappa shape index (κ2) is 6.27. The lowest BCUT2D eigenvalue weighted by Gasteiger charge is -2.14. The van der Waals surface area contributed by atoms with Gasteiger partial charge in [0.25, 0.3) is 0 Å². The van der Waals surface area contributed by atoms with Gasteiger partial charge in [-0.05, 0) is 25.1 Å². The van der Waals surface area contributed by atoms with Crippen LogP contribution in [0.5, 0.6) is 0 Å². The van der Waals surface area contributed by atoms with Crippen LogP contribution in [-0.2, 0) is 0 Å². The molecule has 1 heterocycles. The maximum atomic E-state index is 11.9. The number of benzene rings is 1. The number of hydrogen-bond donors (Lipinski definition) is 4. The number of carbonyl (C=O) groups excluding carboxylic acids is 1. The molecule has 0 saturated carbocycles. The molecule has 1 unspecified atom stereocenters. The predicted molar refractivity (Wildman–Crippen MR) is 77.6 cm³/mol. The van der Waals surface area contributed by atoms with Crippen molar-refractivity contribution in [3.05, 3.63) is 47.0 Å². The molecule has 2 amide bonds. The molecule has 110 valence electrons. The van der Waals surface area contributed by atoms with Gasteiger partial charge in [-0.15, -0.1) is 0 Å². The van der Waals surface area contributed by atoms with Crippen LogP contribution >= 0.6 is 11.6 Å². The number of carboxylic acid groups (broad SMARTS) is 1. The maximum absolute atomic E-state index is 11.9. The maximum Gasteiger partial charge on any atom is 0.337 e. The van der Waals surface area contributed by atoms with E-state index >= 15 is 0 Å². The summed E-state index contributed by atoms with van der Waals surface area (Å²) in [6, 6.07) is 3.32. The lowest BCUT2D eigenvalue weighted by atomic mass is 10.2. The summed E-state index contributed by atoms with van der Waals surface area (Å²) in [5.74, 6) is -0.577. The number of urea groups is 1. The van der Waals surface area contributed by atoms with E-state index < -0.39 is 12.0 Å². The molecule has 21 heavy (non-hydrogen) atoms. The molecule has 0 radical (unpaired) electrons. The van der Waals surface area contributed by atoms with Crippen molar-refractivity contribution in [3.63, 3.8) is 0 Å². The van der Waals surface area contributed by atoms with E-state index in [0.29, 0.717) is 5.82 Å². The summed E-state index contributed by atoms with van der Waals surface area (Å²) in [6.07, 6.45) is 3.22. The highest BCUT2D eigenvalue weighted by atomic mass is 35.5. The average molecular weight is 309 g/mol. The number of anilines is 1. The molecule has 8 heteroatoms. The van der Waals surface area contributed by atoms with Crippen LogP contribution in [0.15, 0.2) is 30.6 Å². The van der Waals surface area contributed by atoms with Gasteiger partial charge in [-0.2, -0.15) is 0 Å². The molecule has 1 aromatic carbocycles. The second-order valence-corrected chi connectivity index (χ2v) is 4.73. The highest BCUT2D eigenvalue weighted by Crippen LogP contribution is 2.21. The Morgan fingerprint density at radius 3 is 2.81 bits per heavy atom. The van der Waals surface area contributed by atoms with Gasteiger partial charge >= 0.3 is 12.0 Å². The lowest BCUT2D eigenvalue weighted by molar-refractivity contribution is 0.0698. The number of carbonyl (C=O) groups is 2. The Bertz CT molecular complexity index is 657. The van der Waals surface area contributed by atoms with Gasteiger partial charge in [0, 0.05) is 17.4 Å². The SMILES string of the molecule is CC(NC(=O)Nc1ccc(Cl)cc1C(=O)O)c1ncc[nH]1. The summed E-state index contributed by atoms with van der Waals surface area (Å²) in [5.41, 5.74) is 0.0827. The fraction of sp³-hybridized carbons (Fsp3) is 0.154. The molecule has 0 aliphatic carbocycles. The Hall–Kier alpha value is -2.54. The minimum absolute atomic E-state index is 0.0803. The van der Waals surface area contributed by atoms with E-state index in [9.17, 15) is 9.59 Å². The van der Waals surface area contributed by atoms with Crippen LogP contribution in [0.4, 0.5) is 10.5 Å². The smallest absolute Gasteiger partial charge is 0.337 e. The summed E-state index contributed by atoms with van der Waals surface area (Å²) >= 11 is 5.75. The molecule has 1 aromatic heterocycles. The summed E-state index contributed by atoms with van der Waals surface area (Å²) < 4.78 is 0. The number of aromatic nitrogens is 2. The molecule has 0 spiro atoms. The Balaban J connectivity index is 2.08. The molecule has 0 aliphatic heterocycles. The highest BCUT2D eigenvalue weighted by Gasteiger charge is 2.15. The zero-order chi connectivity index (χ0) is 15.4. The van der Waals surface area contributed by atoms with Gasteiger partial charge in [0.1, 0.15) is 5.82 Å². The number of imidazole rings is 1. The normalized spacial score (nSPS) is 11.7. The van der Waals surface area contributed by atoms with E-state index in [1.165, 1.54) is 18.2 Å². The fourth-order valence-electron chi connectivity index (χ4n) is 1.74. The first-order valence-electron chi connectivity index (χ1n) is 6.07. The molecule has 7 nitrogen and oxygen atoms in total. The molecule has 2 rings (SSSR count). The Kier molecular flexibility index (Phi) is 4.44. The van der Waals surface area contributed by atoms with Crippen molar-refractivity contribution in [2.75, 3.05) is 5.32 Å². The van der Waals surface area contributed by atoms with Gasteiger partial charge in [-0.25, -0.2) is 14.6 Å². The summed E-state index contributed by atoms with van der Waals surface area (Å²) in [7, 11) is 0. The molecular weight excluding hydrogens is 296 g/mol. The third-order valence-corrected chi connectivity index (χ3v) is 2.97. The third kappa shape index (κ3) is 3.73. The number of H-pyrrole nitrogens is 1. The third-order valence-electron chi connectivity index (χ3n) is 2.74. The topological polar surface area (TPSA) is 107 Å². The minimum atomic E-state index is -1.17. The van der Waals surface area contributed by atoms with E-state index in [4.69, 9.17) is 16.7 Å². The van der Waals surface area contributed by atoms with Gasteiger partial charge in [0.2, 0.25) is 0 Å². The highest BCUT2D eigenvalue weighted by molar-refractivity contribution is 6.31. The number of amides is 2. The predicted octanol–water partition coefficient (Wildman–Crippen LogP) is 2.64. The van der Waals surface area contributed by atoms with Gasteiger partial charge in [-0.1, -0.05) is 11.6 Å². The minimum Gasteiger partial charge on any atom is -0.478 e. The van der Waals surface area contributed by atoms with Crippen LogP contribution < -0.4 is 10.6 Å². The average Bonchev–Trinajstić information content (AvgIpc) is 2.94. The van der Waals surface area contributed by atoms with Crippen molar-refractivity contribution in [1.82, 2.24) is 15.3 Å². The number of nitrogens with zero attached hydrogens (tertiary/aromatic N) is 1. The van der Waals surface area contributed by atoms with Crippen molar-refractivity contribution >= 4 is 29.3 Å². The summed E-state index contributed by atoms with van der Waals surface area (Å²) in [4.78, 5) is 29.9. The zero-order valence-corrected chi connectivity index (χ0v) is 11.8. The fourth-order valence-corrected chi connectivity index (χ4v) is 1.91. The van der Waals surface area contributed by atoms with Crippen LogP contribution in [0, 0.1) is 0 Å². The van der Waals surface area contributed by atoms with Crippen LogP contribution in [-0.4, -0.2) is 27.1 Å². The summed E-state index contributed by atoms with van der Waals surface area (Å²) in [5, 5.41) is 14.5.